The number of nitrogens with one attached hydrogen (secondary N) is 2. The van der Waals surface area contributed by atoms with Gasteiger partial charge in [0.2, 0.25) is 5.91 Å². The first-order valence-electron chi connectivity index (χ1n) is 12.1. The van der Waals surface area contributed by atoms with Gasteiger partial charge in [-0.2, -0.15) is 0 Å². The van der Waals surface area contributed by atoms with Crippen LogP contribution in [0.15, 0.2) is 48.5 Å². The molecule has 3 N–H and O–H groups in total. The largest absolute Gasteiger partial charge is 0.481 e. The number of carboxylic acid groups (broad SMARTS) is 1. The second kappa shape index (κ2) is 10.7. The standard InChI is InChI=1S/C27H32N2O5/c1-2-18(15-25(30)28-19-9-7-8-17(14-19)26(31)32)29-27(33)34-16-24-22-12-5-3-10-20(22)21-11-4-6-13-23(21)24/h3-6,10-13,17-19,24H,2,7-9,14-16H2,1H3,(H,28,30)(H,29,33)(H,31,32)/t17-,18-,19+/m1/s1. The molecule has 0 bridgehead atoms. The Morgan fingerprint density at radius 1 is 1.03 bits per heavy atom. The van der Waals surface area contributed by atoms with Crippen molar-refractivity contribution in [2.24, 2.45) is 5.92 Å². The lowest BCUT2D eigenvalue weighted by Gasteiger charge is -2.28. The van der Waals surface area contributed by atoms with Gasteiger partial charge in [-0.1, -0.05) is 61.9 Å². The van der Waals surface area contributed by atoms with Crippen molar-refractivity contribution < 1.29 is 24.2 Å². The number of ether oxygens (including phenoxy) is 1. The summed E-state index contributed by atoms with van der Waals surface area (Å²) in [6.07, 6.45) is 2.86. The van der Waals surface area contributed by atoms with Gasteiger partial charge < -0.3 is 20.5 Å². The molecule has 4 rings (SSSR count). The molecule has 180 valence electrons. The van der Waals surface area contributed by atoms with Crippen LogP contribution in [0.4, 0.5) is 4.79 Å². The van der Waals surface area contributed by atoms with Crippen LogP contribution >= 0.6 is 0 Å². The summed E-state index contributed by atoms with van der Waals surface area (Å²) in [7, 11) is 0. The lowest BCUT2D eigenvalue weighted by molar-refractivity contribution is -0.143. The van der Waals surface area contributed by atoms with Crippen LogP contribution in [-0.2, 0) is 14.3 Å². The van der Waals surface area contributed by atoms with Gasteiger partial charge in [0.15, 0.2) is 0 Å². The zero-order chi connectivity index (χ0) is 24.1. The van der Waals surface area contributed by atoms with Gasteiger partial charge in [0.1, 0.15) is 6.61 Å². The van der Waals surface area contributed by atoms with Gasteiger partial charge in [-0.25, -0.2) is 4.79 Å². The van der Waals surface area contributed by atoms with Crippen LogP contribution in [0.1, 0.15) is 62.5 Å². The van der Waals surface area contributed by atoms with Crippen molar-refractivity contribution in [1.82, 2.24) is 10.6 Å². The zero-order valence-corrected chi connectivity index (χ0v) is 19.5. The molecule has 0 unspecified atom stereocenters. The molecule has 2 amide bonds. The van der Waals surface area contributed by atoms with E-state index in [9.17, 15) is 19.5 Å². The summed E-state index contributed by atoms with van der Waals surface area (Å²) in [4.78, 5) is 36.3. The van der Waals surface area contributed by atoms with E-state index in [0.29, 0.717) is 19.3 Å². The normalized spacial score (nSPS) is 20.0. The van der Waals surface area contributed by atoms with E-state index in [1.54, 1.807) is 0 Å². The Labute approximate surface area is 199 Å². The average molecular weight is 465 g/mol. The van der Waals surface area contributed by atoms with Crippen molar-refractivity contribution in [2.45, 2.75) is 63.5 Å². The molecule has 34 heavy (non-hydrogen) atoms. The van der Waals surface area contributed by atoms with Crippen molar-refractivity contribution in [2.75, 3.05) is 6.61 Å². The maximum Gasteiger partial charge on any atom is 0.407 e. The van der Waals surface area contributed by atoms with Gasteiger partial charge in [-0.05, 0) is 47.9 Å². The minimum atomic E-state index is -0.803. The van der Waals surface area contributed by atoms with Gasteiger partial charge in [0, 0.05) is 24.4 Å². The quantitative estimate of drug-likeness (QED) is 0.535. The lowest BCUT2D eigenvalue weighted by atomic mass is 9.85. The van der Waals surface area contributed by atoms with Crippen molar-refractivity contribution in [3.05, 3.63) is 59.7 Å². The molecule has 7 heteroatoms. The summed E-state index contributed by atoms with van der Waals surface area (Å²) < 4.78 is 5.60. The summed E-state index contributed by atoms with van der Waals surface area (Å²) in [5, 5.41) is 15.0. The molecule has 2 aromatic carbocycles. The number of carbonyl (C=O) groups excluding carboxylic acids is 2. The summed E-state index contributed by atoms with van der Waals surface area (Å²) in [6, 6.07) is 15.8. The number of aliphatic carboxylic acids is 1. The highest BCUT2D eigenvalue weighted by molar-refractivity contribution is 5.80. The SMILES string of the molecule is CC[C@H](CC(=O)N[C@H]1CCC[C@@H](C(=O)O)C1)NC(=O)OCC1c2ccccc2-c2ccccc21. The van der Waals surface area contributed by atoms with Gasteiger partial charge in [0.05, 0.1) is 5.92 Å². The van der Waals surface area contributed by atoms with Crippen LogP contribution in [0.3, 0.4) is 0 Å². The van der Waals surface area contributed by atoms with Crippen molar-refractivity contribution >= 4 is 18.0 Å². The number of carboxylic acids is 1. The van der Waals surface area contributed by atoms with Crippen molar-refractivity contribution in [3.63, 3.8) is 0 Å². The minimum absolute atomic E-state index is 0.0185. The Kier molecular flexibility index (Phi) is 7.50. The molecular formula is C27H32N2O5. The van der Waals surface area contributed by atoms with Gasteiger partial charge in [-0.15, -0.1) is 0 Å². The maximum atomic E-state index is 12.6. The van der Waals surface area contributed by atoms with E-state index in [0.717, 1.165) is 24.0 Å². The molecule has 3 atom stereocenters. The Morgan fingerprint density at radius 3 is 2.29 bits per heavy atom. The van der Waals surface area contributed by atoms with Crippen LogP contribution in [0, 0.1) is 5.92 Å². The molecule has 0 saturated heterocycles. The summed E-state index contributed by atoms with van der Waals surface area (Å²) >= 11 is 0. The Morgan fingerprint density at radius 2 is 1.68 bits per heavy atom. The molecule has 2 aliphatic rings. The van der Waals surface area contributed by atoms with E-state index < -0.39 is 18.0 Å². The molecule has 0 spiro atoms. The molecule has 2 aliphatic carbocycles. The van der Waals surface area contributed by atoms with E-state index in [4.69, 9.17) is 4.74 Å². The topological polar surface area (TPSA) is 105 Å². The Balaban J connectivity index is 1.28. The number of alkyl carbamates (subject to hydrolysis) is 1. The Bertz CT molecular complexity index is 1010. The monoisotopic (exact) mass is 464 g/mol. The average Bonchev–Trinajstić information content (AvgIpc) is 3.16. The van der Waals surface area contributed by atoms with Gasteiger partial charge in [-0.3, -0.25) is 9.59 Å². The molecule has 7 nitrogen and oxygen atoms in total. The van der Waals surface area contributed by atoms with Crippen LogP contribution in [-0.4, -0.2) is 41.8 Å². The third-order valence-corrected chi connectivity index (χ3v) is 6.98. The number of carbonyl (C=O) groups is 3. The maximum absolute atomic E-state index is 12.6. The minimum Gasteiger partial charge on any atom is -0.481 e. The first-order valence-corrected chi connectivity index (χ1v) is 12.1. The fourth-order valence-corrected chi connectivity index (χ4v) is 5.16. The van der Waals surface area contributed by atoms with E-state index in [2.05, 4.69) is 34.9 Å². The first-order chi connectivity index (χ1) is 16.5. The number of amides is 2. The fraction of sp³-hybridized carbons (Fsp3) is 0.444. The van der Waals surface area contributed by atoms with E-state index in [-0.39, 0.29) is 36.9 Å². The summed E-state index contributed by atoms with van der Waals surface area (Å²) in [5.74, 6) is -1.40. The molecule has 1 saturated carbocycles. The third kappa shape index (κ3) is 5.41. The van der Waals surface area contributed by atoms with Crippen LogP contribution in [0.5, 0.6) is 0 Å². The second-order valence-corrected chi connectivity index (χ2v) is 9.25. The van der Waals surface area contributed by atoms with E-state index in [1.807, 2.05) is 31.2 Å². The van der Waals surface area contributed by atoms with Gasteiger partial charge in [0.25, 0.3) is 0 Å². The first kappa shape index (κ1) is 23.8. The number of benzene rings is 2. The van der Waals surface area contributed by atoms with E-state index >= 15 is 0 Å². The number of hydrogen-bond donors (Lipinski definition) is 3. The third-order valence-electron chi connectivity index (χ3n) is 6.98. The van der Waals surface area contributed by atoms with Gasteiger partial charge >= 0.3 is 12.1 Å². The van der Waals surface area contributed by atoms with Crippen LogP contribution < -0.4 is 10.6 Å². The summed E-state index contributed by atoms with van der Waals surface area (Å²) in [6.45, 7) is 2.13. The zero-order valence-electron chi connectivity index (χ0n) is 19.5. The number of rotatable bonds is 8. The smallest absolute Gasteiger partial charge is 0.407 e. The molecule has 0 radical (unpaired) electrons. The van der Waals surface area contributed by atoms with Crippen molar-refractivity contribution in [1.29, 1.82) is 0 Å². The highest BCUT2D eigenvalue weighted by Crippen LogP contribution is 2.44. The lowest BCUT2D eigenvalue weighted by Crippen LogP contribution is -2.44. The number of fused-ring (bicyclic) bond motifs is 3. The summed E-state index contributed by atoms with van der Waals surface area (Å²) in [5.41, 5.74) is 4.64. The fourth-order valence-electron chi connectivity index (χ4n) is 5.16. The molecule has 0 aromatic heterocycles. The molecule has 0 heterocycles. The predicted octanol–water partition coefficient (Wildman–Crippen LogP) is 4.45. The number of hydrogen-bond acceptors (Lipinski definition) is 4. The molecule has 2 aromatic rings. The second-order valence-electron chi connectivity index (χ2n) is 9.25. The molecule has 1 fully saturated rings. The van der Waals surface area contributed by atoms with E-state index in [1.165, 1.54) is 11.1 Å². The predicted molar refractivity (Wildman–Crippen MR) is 128 cm³/mol. The highest BCUT2D eigenvalue weighted by atomic mass is 16.5. The van der Waals surface area contributed by atoms with Crippen LogP contribution in [0.25, 0.3) is 11.1 Å². The highest BCUT2D eigenvalue weighted by Gasteiger charge is 2.30. The molecular weight excluding hydrogens is 432 g/mol. The molecule has 0 aliphatic heterocycles. The Hall–Kier alpha value is -3.35. The van der Waals surface area contributed by atoms with Crippen LogP contribution in [0.2, 0.25) is 0 Å². The van der Waals surface area contributed by atoms with Crippen molar-refractivity contribution in [3.8, 4) is 11.1 Å².